The van der Waals surface area contributed by atoms with Crippen LogP contribution in [0.25, 0.3) is 0 Å². The number of carbonyl (C=O) groups excluding carboxylic acids is 1. The van der Waals surface area contributed by atoms with Gasteiger partial charge in [0.1, 0.15) is 0 Å². The molecule has 4 rings (SSSR count). The molecule has 5 nitrogen and oxygen atoms in total. The van der Waals surface area contributed by atoms with Crippen molar-refractivity contribution in [2.45, 2.75) is 45.1 Å². The molecule has 0 spiro atoms. The van der Waals surface area contributed by atoms with E-state index in [4.69, 9.17) is 4.74 Å². The molecule has 3 unspecified atom stereocenters. The van der Waals surface area contributed by atoms with Gasteiger partial charge in [-0.2, -0.15) is 0 Å². The van der Waals surface area contributed by atoms with Crippen molar-refractivity contribution < 1.29 is 9.53 Å². The second kappa shape index (κ2) is 11.2. The van der Waals surface area contributed by atoms with Crippen LogP contribution in [0.3, 0.4) is 0 Å². The van der Waals surface area contributed by atoms with Crippen LogP contribution in [0.1, 0.15) is 48.5 Å². The summed E-state index contributed by atoms with van der Waals surface area (Å²) >= 11 is 0. The van der Waals surface area contributed by atoms with Crippen molar-refractivity contribution in [3.8, 4) is 17.7 Å². The van der Waals surface area contributed by atoms with E-state index in [-0.39, 0.29) is 11.9 Å². The van der Waals surface area contributed by atoms with Crippen molar-refractivity contribution >= 4 is 5.91 Å². The van der Waals surface area contributed by atoms with Crippen LogP contribution in [-0.4, -0.2) is 36.6 Å². The average Bonchev–Trinajstić information content (AvgIpc) is 3.74. The van der Waals surface area contributed by atoms with Gasteiger partial charge in [-0.05, 0) is 62.1 Å². The Morgan fingerprint density at radius 2 is 2.06 bits per heavy atom. The summed E-state index contributed by atoms with van der Waals surface area (Å²) in [5.74, 6) is 8.87. The third kappa shape index (κ3) is 7.39. The Balaban J connectivity index is 1.31. The minimum absolute atomic E-state index is 0.0265. The predicted octanol–water partition coefficient (Wildman–Crippen LogP) is 3.85. The van der Waals surface area contributed by atoms with Crippen molar-refractivity contribution in [1.82, 2.24) is 15.6 Å². The molecule has 2 aliphatic carbocycles. The van der Waals surface area contributed by atoms with E-state index < -0.39 is 0 Å². The number of benzene rings is 1. The molecule has 2 aliphatic rings. The highest BCUT2D eigenvalue weighted by Gasteiger charge is 2.33. The van der Waals surface area contributed by atoms with E-state index in [0.717, 1.165) is 25.3 Å². The fourth-order valence-electron chi connectivity index (χ4n) is 3.70. The standard InChI is InChI=1S/C27H33N3O2/c1-20-16-24(20)19-32-26-18-23(11-15-29-26)27(31)30-25(17-22-6-3-2-4-7-22)12-14-28-13-5-8-21-9-10-21/h2-4,6-7,11,15,18,20-21,24-25,28H,9-10,12-14,16-17,19H2,1H3,(H,30,31). The van der Waals surface area contributed by atoms with Gasteiger partial charge in [-0.3, -0.25) is 4.79 Å². The topological polar surface area (TPSA) is 63.2 Å². The molecule has 2 N–H and O–H groups in total. The number of hydrogen-bond acceptors (Lipinski definition) is 4. The molecule has 0 aliphatic heterocycles. The molecule has 2 aromatic rings. The van der Waals surface area contributed by atoms with Crippen molar-refractivity contribution in [3.63, 3.8) is 0 Å². The fourth-order valence-corrected chi connectivity index (χ4v) is 3.70. The van der Waals surface area contributed by atoms with Gasteiger partial charge >= 0.3 is 0 Å². The van der Waals surface area contributed by atoms with E-state index >= 15 is 0 Å². The first-order chi connectivity index (χ1) is 15.7. The lowest BCUT2D eigenvalue weighted by atomic mass is 10.0. The largest absolute Gasteiger partial charge is 0.477 e. The molecule has 0 bridgehead atoms. The lowest BCUT2D eigenvalue weighted by molar-refractivity contribution is 0.0934. The quantitative estimate of drug-likeness (QED) is 0.419. The highest BCUT2D eigenvalue weighted by molar-refractivity contribution is 5.94. The lowest BCUT2D eigenvalue weighted by Crippen LogP contribution is -2.38. The number of pyridine rings is 1. The first-order valence-electron chi connectivity index (χ1n) is 11.8. The molecular weight excluding hydrogens is 398 g/mol. The van der Waals surface area contributed by atoms with Gasteiger partial charge in [0, 0.05) is 29.8 Å². The van der Waals surface area contributed by atoms with Gasteiger partial charge < -0.3 is 15.4 Å². The molecule has 1 aromatic heterocycles. The van der Waals surface area contributed by atoms with Crippen LogP contribution in [0.5, 0.6) is 5.88 Å². The Hall–Kier alpha value is -2.84. The molecule has 3 atom stereocenters. The van der Waals surface area contributed by atoms with Crippen molar-refractivity contribution in [3.05, 3.63) is 59.8 Å². The first-order valence-corrected chi connectivity index (χ1v) is 11.8. The molecular formula is C27H33N3O2. The number of aromatic nitrogens is 1. The molecule has 1 aromatic carbocycles. The van der Waals surface area contributed by atoms with Crippen LogP contribution in [-0.2, 0) is 6.42 Å². The maximum atomic E-state index is 13.0. The van der Waals surface area contributed by atoms with Gasteiger partial charge in [0.15, 0.2) is 0 Å². The smallest absolute Gasteiger partial charge is 0.251 e. The summed E-state index contributed by atoms with van der Waals surface area (Å²) in [5.41, 5.74) is 1.80. The number of carbonyl (C=O) groups is 1. The van der Waals surface area contributed by atoms with Gasteiger partial charge in [0.05, 0.1) is 13.2 Å². The summed E-state index contributed by atoms with van der Waals surface area (Å²) in [6.07, 6.45) is 6.98. The Kier molecular flexibility index (Phi) is 7.79. The van der Waals surface area contributed by atoms with E-state index in [2.05, 4.69) is 46.5 Å². The molecule has 5 heteroatoms. The number of rotatable bonds is 11. The van der Waals surface area contributed by atoms with Crippen LogP contribution in [0.15, 0.2) is 48.7 Å². The average molecular weight is 432 g/mol. The minimum atomic E-state index is -0.0912. The SMILES string of the molecule is CC1CC1COc1cc(C(=O)NC(CCNCC#CC2CC2)Cc2ccccc2)ccn1. The summed E-state index contributed by atoms with van der Waals surface area (Å²) in [5, 5.41) is 6.60. The number of nitrogens with one attached hydrogen (secondary N) is 2. The Bertz CT molecular complexity index is 946. The van der Waals surface area contributed by atoms with E-state index in [1.807, 2.05) is 18.2 Å². The zero-order valence-corrected chi connectivity index (χ0v) is 18.8. The van der Waals surface area contributed by atoms with Gasteiger partial charge in [-0.25, -0.2) is 4.98 Å². The number of nitrogens with zero attached hydrogens (tertiary/aromatic N) is 1. The predicted molar refractivity (Wildman–Crippen MR) is 126 cm³/mol. The van der Waals surface area contributed by atoms with E-state index in [1.165, 1.54) is 24.8 Å². The summed E-state index contributed by atoms with van der Waals surface area (Å²) in [6, 6.07) is 13.8. The fraction of sp³-hybridized carbons (Fsp3) is 0.481. The van der Waals surface area contributed by atoms with E-state index in [9.17, 15) is 4.79 Å². The van der Waals surface area contributed by atoms with Crippen LogP contribution in [0.4, 0.5) is 0 Å². The Labute approximate surface area is 191 Å². The maximum Gasteiger partial charge on any atom is 0.251 e. The summed E-state index contributed by atoms with van der Waals surface area (Å²) in [6.45, 7) is 4.41. The second-order valence-electron chi connectivity index (χ2n) is 9.09. The number of amides is 1. The number of ether oxygens (including phenoxy) is 1. The van der Waals surface area contributed by atoms with Gasteiger partial charge in [-0.1, -0.05) is 49.1 Å². The molecule has 1 amide bonds. The van der Waals surface area contributed by atoms with E-state index in [0.29, 0.717) is 36.4 Å². The van der Waals surface area contributed by atoms with Crippen LogP contribution < -0.4 is 15.4 Å². The third-order valence-corrected chi connectivity index (χ3v) is 6.15. The summed E-state index contributed by atoms with van der Waals surface area (Å²) in [4.78, 5) is 17.2. The van der Waals surface area contributed by atoms with E-state index in [1.54, 1.807) is 18.3 Å². The minimum Gasteiger partial charge on any atom is -0.477 e. The highest BCUT2D eigenvalue weighted by Crippen LogP contribution is 2.37. The Morgan fingerprint density at radius 1 is 1.25 bits per heavy atom. The lowest BCUT2D eigenvalue weighted by Gasteiger charge is -2.19. The van der Waals surface area contributed by atoms with Crippen molar-refractivity contribution in [1.29, 1.82) is 0 Å². The van der Waals surface area contributed by atoms with Crippen LogP contribution >= 0.6 is 0 Å². The Morgan fingerprint density at radius 3 is 2.81 bits per heavy atom. The normalized spacial score (nSPS) is 20.0. The first kappa shape index (κ1) is 22.4. The van der Waals surface area contributed by atoms with Gasteiger partial charge in [0.25, 0.3) is 5.91 Å². The zero-order valence-electron chi connectivity index (χ0n) is 18.8. The molecule has 168 valence electrons. The second-order valence-corrected chi connectivity index (χ2v) is 9.09. The summed E-state index contributed by atoms with van der Waals surface area (Å²) in [7, 11) is 0. The zero-order chi connectivity index (χ0) is 22.2. The monoisotopic (exact) mass is 431 g/mol. The van der Waals surface area contributed by atoms with Gasteiger partial charge in [-0.15, -0.1) is 0 Å². The van der Waals surface area contributed by atoms with Crippen molar-refractivity contribution in [2.75, 3.05) is 19.7 Å². The molecule has 2 fully saturated rings. The maximum absolute atomic E-state index is 13.0. The molecule has 0 saturated heterocycles. The molecule has 0 radical (unpaired) electrons. The van der Waals surface area contributed by atoms with Crippen molar-refractivity contribution in [2.24, 2.45) is 17.8 Å². The van der Waals surface area contributed by atoms with Crippen LogP contribution in [0, 0.1) is 29.6 Å². The summed E-state index contributed by atoms with van der Waals surface area (Å²) < 4.78 is 5.80. The third-order valence-electron chi connectivity index (χ3n) is 6.15. The molecule has 1 heterocycles. The molecule has 32 heavy (non-hydrogen) atoms. The number of hydrogen-bond donors (Lipinski definition) is 2. The van der Waals surface area contributed by atoms with Crippen LogP contribution in [0.2, 0.25) is 0 Å². The molecule has 2 saturated carbocycles. The van der Waals surface area contributed by atoms with Gasteiger partial charge in [0.2, 0.25) is 5.88 Å². The highest BCUT2D eigenvalue weighted by atomic mass is 16.5.